The first-order valence-electron chi connectivity index (χ1n) is 7.42. The smallest absolute Gasteiger partial charge is 0.225 e. The van der Waals surface area contributed by atoms with Crippen LogP contribution in [0, 0.1) is 5.92 Å². The van der Waals surface area contributed by atoms with Gasteiger partial charge in [0.2, 0.25) is 5.91 Å². The molecule has 0 spiro atoms. The number of nitrogens with zero attached hydrogens (tertiary/aromatic N) is 1. The third-order valence-corrected chi connectivity index (χ3v) is 3.59. The quantitative estimate of drug-likeness (QED) is 0.718. The van der Waals surface area contributed by atoms with E-state index in [1.165, 1.54) is 0 Å². The fourth-order valence-corrected chi connectivity index (χ4v) is 2.10. The Morgan fingerprint density at radius 1 is 1.45 bits per heavy atom. The highest BCUT2D eigenvalue weighted by molar-refractivity contribution is 5.89. The highest BCUT2D eigenvalue weighted by Gasteiger charge is 2.17. The molecule has 5 heteroatoms. The van der Waals surface area contributed by atoms with E-state index in [2.05, 4.69) is 43.2 Å². The number of carbonyl (C=O) groups excluding carboxylic acids is 1. The number of hydrogen-bond acceptors (Lipinski definition) is 3. The first-order chi connectivity index (χ1) is 9.36. The SMILES string of the molecule is CCC(CCN)CCC(=O)Nc1cc(C(C)(C)C)[nH]n1. The standard InChI is InChI=1S/C15H28N4O/c1-5-11(8-9-16)6-7-14(20)17-13-10-12(18-19-13)15(2,3)4/h10-11H,5-9,16H2,1-4H3,(H2,17,18,19,20). The Labute approximate surface area is 121 Å². The molecule has 0 saturated heterocycles. The van der Waals surface area contributed by atoms with E-state index in [1.807, 2.05) is 6.07 Å². The van der Waals surface area contributed by atoms with Crippen LogP contribution in [0.2, 0.25) is 0 Å². The number of nitrogens with two attached hydrogens (primary N) is 1. The van der Waals surface area contributed by atoms with Gasteiger partial charge in [-0.1, -0.05) is 34.1 Å². The molecule has 5 nitrogen and oxygen atoms in total. The number of rotatable bonds is 7. The third-order valence-electron chi connectivity index (χ3n) is 3.59. The number of aromatic amines is 1. The van der Waals surface area contributed by atoms with Crippen molar-refractivity contribution in [1.29, 1.82) is 0 Å². The van der Waals surface area contributed by atoms with Crippen LogP contribution in [-0.2, 0) is 10.2 Å². The maximum Gasteiger partial charge on any atom is 0.225 e. The van der Waals surface area contributed by atoms with Crippen LogP contribution < -0.4 is 11.1 Å². The first-order valence-corrected chi connectivity index (χ1v) is 7.42. The number of anilines is 1. The number of aromatic nitrogens is 2. The van der Waals surface area contributed by atoms with Gasteiger partial charge in [-0.2, -0.15) is 5.10 Å². The van der Waals surface area contributed by atoms with Crippen LogP contribution in [0.15, 0.2) is 6.07 Å². The summed E-state index contributed by atoms with van der Waals surface area (Å²) < 4.78 is 0. The van der Waals surface area contributed by atoms with Gasteiger partial charge < -0.3 is 11.1 Å². The van der Waals surface area contributed by atoms with Gasteiger partial charge in [0, 0.05) is 23.6 Å². The van der Waals surface area contributed by atoms with Crippen molar-refractivity contribution in [2.45, 2.75) is 58.8 Å². The Balaban J connectivity index is 2.44. The van der Waals surface area contributed by atoms with Crippen LogP contribution in [-0.4, -0.2) is 22.6 Å². The van der Waals surface area contributed by atoms with Crippen molar-refractivity contribution in [2.75, 3.05) is 11.9 Å². The summed E-state index contributed by atoms with van der Waals surface area (Å²) in [5.74, 6) is 1.16. The summed E-state index contributed by atoms with van der Waals surface area (Å²) in [4.78, 5) is 11.9. The highest BCUT2D eigenvalue weighted by Crippen LogP contribution is 2.22. The van der Waals surface area contributed by atoms with Gasteiger partial charge in [-0.25, -0.2) is 0 Å². The molecule has 0 radical (unpaired) electrons. The van der Waals surface area contributed by atoms with Crippen molar-refractivity contribution in [1.82, 2.24) is 10.2 Å². The Morgan fingerprint density at radius 3 is 2.65 bits per heavy atom. The Kier molecular flexibility index (Phi) is 6.20. The van der Waals surface area contributed by atoms with E-state index in [4.69, 9.17) is 5.73 Å². The number of nitrogens with one attached hydrogen (secondary N) is 2. The predicted octanol–water partition coefficient (Wildman–Crippen LogP) is 2.80. The summed E-state index contributed by atoms with van der Waals surface area (Å²) in [6.07, 6.45) is 3.47. The Bertz CT molecular complexity index is 420. The molecular formula is C15H28N4O. The molecule has 1 rings (SSSR count). The minimum atomic E-state index is 0.00437. The summed E-state index contributed by atoms with van der Waals surface area (Å²) in [5, 5.41) is 9.94. The number of amides is 1. The normalized spacial score (nSPS) is 13.2. The second kappa shape index (κ2) is 7.43. The van der Waals surface area contributed by atoms with Crippen LogP contribution in [0.25, 0.3) is 0 Å². The number of carbonyl (C=O) groups is 1. The zero-order chi connectivity index (χ0) is 15.2. The molecular weight excluding hydrogens is 252 g/mol. The molecule has 0 aliphatic heterocycles. The summed E-state index contributed by atoms with van der Waals surface area (Å²) >= 11 is 0. The molecule has 1 unspecified atom stereocenters. The molecule has 114 valence electrons. The summed E-state index contributed by atoms with van der Waals surface area (Å²) in [5.41, 5.74) is 6.58. The molecule has 1 amide bonds. The van der Waals surface area contributed by atoms with Gasteiger partial charge in [0.05, 0.1) is 0 Å². The van der Waals surface area contributed by atoms with Gasteiger partial charge in [0.15, 0.2) is 5.82 Å². The summed E-state index contributed by atoms with van der Waals surface area (Å²) in [6, 6.07) is 1.90. The number of hydrogen-bond donors (Lipinski definition) is 3. The monoisotopic (exact) mass is 280 g/mol. The van der Waals surface area contributed by atoms with Crippen LogP contribution >= 0.6 is 0 Å². The van der Waals surface area contributed by atoms with Gasteiger partial charge in [-0.3, -0.25) is 9.89 Å². The van der Waals surface area contributed by atoms with E-state index in [0.717, 1.165) is 25.0 Å². The minimum absolute atomic E-state index is 0.00437. The van der Waals surface area contributed by atoms with Crippen LogP contribution in [0.4, 0.5) is 5.82 Å². The van der Waals surface area contributed by atoms with Gasteiger partial charge in [0.25, 0.3) is 0 Å². The van der Waals surface area contributed by atoms with Crippen LogP contribution in [0.5, 0.6) is 0 Å². The van der Waals surface area contributed by atoms with Crippen molar-refractivity contribution in [2.24, 2.45) is 11.7 Å². The molecule has 1 atom stereocenters. The summed E-state index contributed by atoms with van der Waals surface area (Å²) in [6.45, 7) is 9.14. The third kappa shape index (κ3) is 5.33. The van der Waals surface area contributed by atoms with Crippen molar-refractivity contribution in [3.05, 3.63) is 11.8 Å². The average Bonchev–Trinajstić information content (AvgIpc) is 2.82. The molecule has 20 heavy (non-hydrogen) atoms. The molecule has 0 aliphatic carbocycles. The molecule has 1 aromatic heterocycles. The highest BCUT2D eigenvalue weighted by atomic mass is 16.1. The Morgan fingerprint density at radius 2 is 2.15 bits per heavy atom. The van der Waals surface area contributed by atoms with E-state index in [-0.39, 0.29) is 11.3 Å². The van der Waals surface area contributed by atoms with E-state index < -0.39 is 0 Å². The van der Waals surface area contributed by atoms with Gasteiger partial charge >= 0.3 is 0 Å². The molecule has 0 bridgehead atoms. The maximum atomic E-state index is 11.9. The number of H-pyrrole nitrogens is 1. The molecule has 0 aliphatic rings. The minimum Gasteiger partial charge on any atom is -0.330 e. The predicted molar refractivity (Wildman–Crippen MR) is 82.6 cm³/mol. The van der Waals surface area contributed by atoms with E-state index in [0.29, 0.717) is 24.7 Å². The first kappa shape index (κ1) is 16.7. The van der Waals surface area contributed by atoms with Gasteiger partial charge in [0.1, 0.15) is 0 Å². The molecule has 0 saturated carbocycles. The Hall–Kier alpha value is -1.36. The van der Waals surface area contributed by atoms with Crippen molar-refractivity contribution in [3.8, 4) is 0 Å². The largest absolute Gasteiger partial charge is 0.330 e. The average molecular weight is 280 g/mol. The second-order valence-corrected chi connectivity index (χ2v) is 6.36. The van der Waals surface area contributed by atoms with Gasteiger partial charge in [-0.05, 0) is 25.3 Å². The zero-order valence-corrected chi connectivity index (χ0v) is 13.1. The lowest BCUT2D eigenvalue weighted by Gasteiger charge is -2.14. The molecule has 4 N–H and O–H groups in total. The summed E-state index contributed by atoms with van der Waals surface area (Å²) in [7, 11) is 0. The fourth-order valence-electron chi connectivity index (χ4n) is 2.10. The molecule has 0 aromatic carbocycles. The van der Waals surface area contributed by atoms with Crippen molar-refractivity contribution >= 4 is 11.7 Å². The second-order valence-electron chi connectivity index (χ2n) is 6.36. The molecule has 0 fully saturated rings. The van der Waals surface area contributed by atoms with Crippen LogP contribution in [0.3, 0.4) is 0 Å². The van der Waals surface area contributed by atoms with Crippen LogP contribution in [0.1, 0.15) is 59.1 Å². The van der Waals surface area contributed by atoms with Gasteiger partial charge in [-0.15, -0.1) is 0 Å². The fraction of sp³-hybridized carbons (Fsp3) is 0.733. The van der Waals surface area contributed by atoms with E-state index in [1.54, 1.807) is 0 Å². The van der Waals surface area contributed by atoms with E-state index in [9.17, 15) is 4.79 Å². The topological polar surface area (TPSA) is 83.8 Å². The molecule has 1 aromatic rings. The molecule has 1 heterocycles. The maximum absolute atomic E-state index is 11.9. The lowest BCUT2D eigenvalue weighted by atomic mass is 9.92. The van der Waals surface area contributed by atoms with Crippen molar-refractivity contribution in [3.63, 3.8) is 0 Å². The van der Waals surface area contributed by atoms with E-state index >= 15 is 0 Å². The lowest BCUT2D eigenvalue weighted by Crippen LogP contribution is -2.15. The lowest BCUT2D eigenvalue weighted by molar-refractivity contribution is -0.116. The zero-order valence-electron chi connectivity index (χ0n) is 13.1. The van der Waals surface area contributed by atoms with Crippen molar-refractivity contribution < 1.29 is 4.79 Å².